The number of para-hydroxylation sites is 2. The van der Waals surface area contributed by atoms with Gasteiger partial charge in [0.25, 0.3) is 6.01 Å². The molecule has 1 atom stereocenters. The number of rotatable bonds is 13. The number of anilines is 1. The van der Waals surface area contributed by atoms with Crippen LogP contribution in [0.2, 0.25) is 0 Å². The third-order valence-corrected chi connectivity index (χ3v) is 5.70. The van der Waals surface area contributed by atoms with E-state index in [2.05, 4.69) is 9.88 Å². The number of fused-ring (bicyclic) bond motifs is 1. The van der Waals surface area contributed by atoms with Crippen molar-refractivity contribution in [1.82, 2.24) is 4.98 Å². The maximum Gasteiger partial charge on any atom is 0.344 e. The number of carboxylic acid groups (broad SMARTS) is 1. The number of hydrogen-bond donors (Lipinski definition) is 1. The van der Waals surface area contributed by atoms with Crippen LogP contribution < -0.4 is 14.4 Å². The quantitative estimate of drug-likeness (QED) is 0.239. The molecular weight excluding hydrogens is 463 g/mol. The maximum absolute atomic E-state index is 13.1. The van der Waals surface area contributed by atoms with Crippen molar-refractivity contribution in [1.29, 1.82) is 0 Å². The largest absolute Gasteiger partial charge is 0.494 e. The van der Waals surface area contributed by atoms with E-state index < -0.39 is 12.1 Å². The predicted molar refractivity (Wildman–Crippen MR) is 135 cm³/mol. The Labute approximate surface area is 209 Å². The van der Waals surface area contributed by atoms with Crippen LogP contribution >= 0.6 is 0 Å². The summed E-state index contributed by atoms with van der Waals surface area (Å²) in [5.74, 6) is -0.128. The van der Waals surface area contributed by atoms with Gasteiger partial charge in [0.05, 0.1) is 6.61 Å². The Morgan fingerprint density at radius 3 is 2.61 bits per heavy atom. The molecule has 1 aromatic heterocycles. The van der Waals surface area contributed by atoms with E-state index >= 15 is 0 Å². The molecule has 7 nitrogen and oxygen atoms in total. The Hall–Kier alpha value is -4.07. The summed E-state index contributed by atoms with van der Waals surface area (Å²) in [5, 5.41) is 9.28. The molecule has 1 N–H and O–H groups in total. The minimum atomic E-state index is -0.979. The van der Waals surface area contributed by atoms with Crippen molar-refractivity contribution in [3.05, 3.63) is 84.2 Å². The van der Waals surface area contributed by atoms with E-state index in [-0.39, 0.29) is 5.82 Å². The zero-order valence-corrected chi connectivity index (χ0v) is 20.1. The first-order chi connectivity index (χ1) is 17.5. The van der Waals surface area contributed by atoms with Crippen LogP contribution in [0.1, 0.15) is 25.3 Å². The average molecular weight is 493 g/mol. The summed E-state index contributed by atoms with van der Waals surface area (Å²) in [6.45, 7) is 3.50. The van der Waals surface area contributed by atoms with Crippen LogP contribution in [0.5, 0.6) is 11.5 Å². The zero-order chi connectivity index (χ0) is 25.3. The molecule has 36 heavy (non-hydrogen) atoms. The SMILES string of the molecule is CCC(Oc1cccc(CCN(CCCOc2ccc(F)cc2)c2nc3ccccc3o2)c1)C(=O)O. The third-order valence-electron chi connectivity index (χ3n) is 5.70. The lowest BCUT2D eigenvalue weighted by molar-refractivity contribution is -0.145. The summed E-state index contributed by atoms with van der Waals surface area (Å²) in [5.41, 5.74) is 2.51. The highest BCUT2D eigenvalue weighted by atomic mass is 19.1. The number of carbonyl (C=O) groups is 1. The van der Waals surface area contributed by atoms with Gasteiger partial charge in [0.2, 0.25) is 0 Å². The molecule has 0 radical (unpaired) electrons. The molecule has 0 aliphatic carbocycles. The molecule has 0 amide bonds. The third kappa shape index (κ3) is 6.75. The van der Waals surface area contributed by atoms with Gasteiger partial charge in [0.1, 0.15) is 22.8 Å². The van der Waals surface area contributed by atoms with Crippen LogP contribution in [0.15, 0.2) is 77.2 Å². The number of benzene rings is 3. The molecule has 0 fully saturated rings. The van der Waals surface area contributed by atoms with Gasteiger partial charge in [-0.3, -0.25) is 0 Å². The van der Waals surface area contributed by atoms with Gasteiger partial charge in [-0.05, 0) is 73.4 Å². The summed E-state index contributed by atoms with van der Waals surface area (Å²) >= 11 is 0. The monoisotopic (exact) mass is 492 g/mol. The molecule has 0 aliphatic heterocycles. The van der Waals surface area contributed by atoms with E-state index in [1.165, 1.54) is 12.1 Å². The lowest BCUT2D eigenvalue weighted by Gasteiger charge is -2.21. The molecule has 1 unspecified atom stereocenters. The van der Waals surface area contributed by atoms with Gasteiger partial charge in [-0.1, -0.05) is 31.2 Å². The second kappa shape index (κ2) is 12.1. The van der Waals surface area contributed by atoms with Crippen molar-refractivity contribution in [2.24, 2.45) is 0 Å². The first kappa shape index (κ1) is 25.0. The van der Waals surface area contributed by atoms with Crippen LogP contribution in [0.4, 0.5) is 10.4 Å². The highest BCUT2D eigenvalue weighted by molar-refractivity contribution is 5.74. The highest BCUT2D eigenvalue weighted by Crippen LogP contribution is 2.23. The number of hydrogen-bond acceptors (Lipinski definition) is 6. The van der Waals surface area contributed by atoms with Gasteiger partial charge in [-0.25, -0.2) is 9.18 Å². The molecule has 8 heteroatoms. The standard InChI is InChI=1S/C28H29FN2O5/c1-2-25(27(32)33)35-23-8-5-7-20(19-23)15-17-31(28-30-24-9-3-4-10-26(24)36-28)16-6-18-34-22-13-11-21(29)12-14-22/h3-5,7-14,19,25H,2,6,15-18H2,1H3,(H,32,33). The number of carboxylic acids is 1. The van der Waals surface area contributed by atoms with Crippen LogP contribution in [-0.4, -0.2) is 41.9 Å². The van der Waals surface area contributed by atoms with Gasteiger partial charge >= 0.3 is 5.97 Å². The van der Waals surface area contributed by atoms with E-state index in [0.29, 0.717) is 56.5 Å². The fourth-order valence-electron chi connectivity index (χ4n) is 3.79. The second-order valence-electron chi connectivity index (χ2n) is 8.36. The van der Waals surface area contributed by atoms with Crippen LogP contribution in [0.3, 0.4) is 0 Å². The van der Waals surface area contributed by atoms with Crippen LogP contribution in [0.25, 0.3) is 11.1 Å². The molecule has 3 aromatic carbocycles. The first-order valence-electron chi connectivity index (χ1n) is 12.0. The average Bonchev–Trinajstić information content (AvgIpc) is 3.32. The molecule has 1 heterocycles. The Morgan fingerprint density at radius 2 is 1.86 bits per heavy atom. The number of aromatic nitrogens is 1. The van der Waals surface area contributed by atoms with Gasteiger partial charge < -0.3 is 23.9 Å². The highest BCUT2D eigenvalue weighted by Gasteiger charge is 2.17. The lowest BCUT2D eigenvalue weighted by Crippen LogP contribution is -2.28. The topological polar surface area (TPSA) is 85.0 Å². The van der Waals surface area contributed by atoms with Crippen LogP contribution in [-0.2, 0) is 11.2 Å². The lowest BCUT2D eigenvalue weighted by atomic mass is 10.1. The van der Waals surface area contributed by atoms with Crippen molar-refractivity contribution in [3.8, 4) is 11.5 Å². The summed E-state index contributed by atoms with van der Waals surface area (Å²) in [6, 6.07) is 21.6. The number of aliphatic carboxylic acids is 1. The molecule has 0 saturated carbocycles. The summed E-state index contributed by atoms with van der Waals surface area (Å²) in [4.78, 5) is 18.0. The van der Waals surface area contributed by atoms with E-state index in [1.807, 2.05) is 42.5 Å². The second-order valence-corrected chi connectivity index (χ2v) is 8.36. The fraction of sp³-hybridized carbons (Fsp3) is 0.286. The van der Waals surface area contributed by atoms with E-state index in [9.17, 15) is 14.3 Å². The molecule has 0 aliphatic rings. The Balaban J connectivity index is 1.41. The Kier molecular flexibility index (Phi) is 8.39. The Morgan fingerprint density at radius 1 is 1.06 bits per heavy atom. The molecule has 4 aromatic rings. The minimum absolute atomic E-state index is 0.299. The number of nitrogens with zero attached hydrogens (tertiary/aromatic N) is 2. The van der Waals surface area contributed by atoms with Gasteiger partial charge in [-0.2, -0.15) is 4.98 Å². The first-order valence-corrected chi connectivity index (χ1v) is 12.0. The molecule has 0 spiro atoms. The smallest absolute Gasteiger partial charge is 0.344 e. The van der Waals surface area contributed by atoms with Crippen LogP contribution in [0, 0.1) is 5.82 Å². The fourth-order valence-corrected chi connectivity index (χ4v) is 3.79. The van der Waals surface area contributed by atoms with E-state index in [1.54, 1.807) is 25.1 Å². The molecule has 188 valence electrons. The van der Waals surface area contributed by atoms with Crippen molar-refractivity contribution in [3.63, 3.8) is 0 Å². The normalized spacial score (nSPS) is 11.8. The predicted octanol–water partition coefficient (Wildman–Crippen LogP) is 5.73. The van der Waals surface area contributed by atoms with Crippen molar-refractivity contribution in [2.75, 3.05) is 24.6 Å². The van der Waals surface area contributed by atoms with Gasteiger partial charge in [0.15, 0.2) is 11.7 Å². The summed E-state index contributed by atoms with van der Waals surface area (Å²) < 4.78 is 30.5. The minimum Gasteiger partial charge on any atom is -0.494 e. The van der Waals surface area contributed by atoms with E-state index in [0.717, 1.165) is 16.7 Å². The zero-order valence-electron chi connectivity index (χ0n) is 20.1. The number of halogens is 1. The van der Waals surface area contributed by atoms with Gasteiger partial charge in [0, 0.05) is 13.1 Å². The molecule has 0 saturated heterocycles. The molecule has 4 rings (SSSR count). The van der Waals surface area contributed by atoms with Gasteiger partial charge in [-0.15, -0.1) is 0 Å². The number of oxazole rings is 1. The maximum atomic E-state index is 13.1. The van der Waals surface area contributed by atoms with Crippen molar-refractivity contribution in [2.45, 2.75) is 32.3 Å². The van der Waals surface area contributed by atoms with E-state index in [4.69, 9.17) is 13.9 Å². The molecule has 0 bridgehead atoms. The Bertz CT molecular complexity index is 1240. The number of ether oxygens (including phenoxy) is 2. The molecular formula is C28H29FN2O5. The summed E-state index contributed by atoms with van der Waals surface area (Å²) in [7, 11) is 0. The van der Waals surface area contributed by atoms with Crippen molar-refractivity contribution < 1.29 is 28.2 Å². The summed E-state index contributed by atoms with van der Waals surface area (Å²) in [6.07, 6.45) is 0.886. The van der Waals surface area contributed by atoms with Crippen molar-refractivity contribution >= 4 is 23.1 Å².